The van der Waals surface area contributed by atoms with Crippen molar-refractivity contribution in [3.63, 3.8) is 0 Å². The molecule has 0 atom stereocenters. The number of ether oxygens (including phenoxy) is 2. The van der Waals surface area contributed by atoms with Gasteiger partial charge in [-0.15, -0.1) is 0 Å². The second-order valence-corrected chi connectivity index (χ2v) is 11.2. The van der Waals surface area contributed by atoms with Crippen molar-refractivity contribution in [3.05, 3.63) is 118 Å². The molecule has 38 heavy (non-hydrogen) atoms. The van der Waals surface area contributed by atoms with Gasteiger partial charge in [-0.05, 0) is 92.9 Å². The van der Waals surface area contributed by atoms with E-state index in [1.165, 1.54) is 44.5 Å². The van der Waals surface area contributed by atoms with Crippen LogP contribution in [-0.2, 0) is 10.8 Å². The molecule has 1 aliphatic carbocycles. The molecule has 2 heteroatoms. The van der Waals surface area contributed by atoms with E-state index in [0.29, 0.717) is 5.92 Å². The minimum absolute atomic E-state index is 0.123. The summed E-state index contributed by atoms with van der Waals surface area (Å²) in [7, 11) is 3.46. The molecule has 0 saturated heterocycles. The van der Waals surface area contributed by atoms with Gasteiger partial charge in [-0.25, -0.2) is 0 Å². The summed E-state index contributed by atoms with van der Waals surface area (Å²) < 4.78 is 11.1. The van der Waals surface area contributed by atoms with Crippen molar-refractivity contribution in [2.45, 2.75) is 64.2 Å². The zero-order chi connectivity index (χ0) is 27.1. The molecule has 0 saturated carbocycles. The molecule has 2 nitrogen and oxygen atoms in total. The second-order valence-electron chi connectivity index (χ2n) is 11.2. The summed E-state index contributed by atoms with van der Waals surface area (Å²) in [4.78, 5) is 0. The van der Waals surface area contributed by atoms with Crippen LogP contribution in [0.4, 0.5) is 0 Å². The van der Waals surface area contributed by atoms with Gasteiger partial charge in [0.2, 0.25) is 0 Å². The molecule has 0 amide bonds. The van der Waals surface area contributed by atoms with Gasteiger partial charge in [-0.2, -0.15) is 0 Å². The van der Waals surface area contributed by atoms with E-state index in [0.717, 1.165) is 24.3 Å². The van der Waals surface area contributed by atoms with Gasteiger partial charge < -0.3 is 9.47 Å². The Bertz CT molecular complexity index is 1380. The largest absolute Gasteiger partial charge is 0.497 e. The number of fused-ring (bicyclic) bond motifs is 3. The topological polar surface area (TPSA) is 18.5 Å². The Morgan fingerprint density at radius 2 is 1.13 bits per heavy atom. The van der Waals surface area contributed by atoms with Crippen molar-refractivity contribution in [3.8, 4) is 22.6 Å². The lowest BCUT2D eigenvalue weighted by Crippen LogP contribution is -2.29. The van der Waals surface area contributed by atoms with E-state index < -0.39 is 5.41 Å². The van der Waals surface area contributed by atoms with Gasteiger partial charge in [0, 0.05) is 0 Å². The predicted molar refractivity (Wildman–Crippen MR) is 159 cm³/mol. The summed E-state index contributed by atoms with van der Waals surface area (Å²) in [5, 5.41) is 0. The van der Waals surface area contributed by atoms with Crippen molar-refractivity contribution in [1.29, 1.82) is 0 Å². The van der Waals surface area contributed by atoms with E-state index in [-0.39, 0.29) is 5.41 Å². The van der Waals surface area contributed by atoms with Crippen LogP contribution in [0.3, 0.4) is 0 Å². The van der Waals surface area contributed by atoms with Crippen LogP contribution in [-0.4, -0.2) is 14.2 Å². The molecule has 5 rings (SSSR count). The van der Waals surface area contributed by atoms with Gasteiger partial charge in [-0.1, -0.05) is 95.3 Å². The van der Waals surface area contributed by atoms with Crippen LogP contribution < -0.4 is 9.47 Å². The van der Waals surface area contributed by atoms with Crippen LogP contribution >= 0.6 is 0 Å². The number of benzene rings is 4. The molecule has 0 N–H and O–H groups in total. The Balaban J connectivity index is 1.92. The lowest BCUT2D eigenvalue weighted by Gasteiger charge is -2.36. The Labute approximate surface area is 228 Å². The molecule has 4 aromatic rings. The first-order valence-corrected chi connectivity index (χ1v) is 13.9. The highest BCUT2D eigenvalue weighted by Crippen LogP contribution is 2.57. The molecular formula is C36H40O2. The van der Waals surface area contributed by atoms with E-state index in [9.17, 15) is 0 Å². The molecule has 196 valence electrons. The Morgan fingerprint density at radius 3 is 1.58 bits per heavy atom. The summed E-state index contributed by atoms with van der Waals surface area (Å²) in [5.74, 6) is 2.17. The zero-order valence-electron chi connectivity index (χ0n) is 23.9. The third-order valence-corrected chi connectivity index (χ3v) is 9.13. The first-order valence-electron chi connectivity index (χ1n) is 13.9. The van der Waals surface area contributed by atoms with Crippen LogP contribution in [0.15, 0.2) is 84.9 Å². The first kappa shape index (κ1) is 26.1. The fourth-order valence-electron chi connectivity index (χ4n) is 6.20. The van der Waals surface area contributed by atoms with Crippen LogP contribution in [0.1, 0.15) is 86.8 Å². The number of hydrogen-bond acceptors (Lipinski definition) is 2. The number of rotatable bonds is 8. The Hall–Kier alpha value is -3.52. The SMILES string of the molecule is CCC(C)(CC)c1ccc2c(c1)C(c1ccc(OC)cc1)(c1ccc(OC)cc1)c1cc(C(C)C)ccc1-2. The summed E-state index contributed by atoms with van der Waals surface area (Å²) in [6.45, 7) is 11.6. The van der Waals surface area contributed by atoms with Crippen LogP contribution in [0.5, 0.6) is 11.5 Å². The van der Waals surface area contributed by atoms with Crippen molar-refractivity contribution >= 4 is 0 Å². The molecule has 1 aliphatic rings. The Morgan fingerprint density at radius 1 is 0.658 bits per heavy atom. The minimum atomic E-state index is -0.452. The van der Waals surface area contributed by atoms with Gasteiger partial charge in [-0.3, -0.25) is 0 Å². The summed E-state index contributed by atoms with van der Waals surface area (Å²) >= 11 is 0. The summed E-state index contributed by atoms with van der Waals surface area (Å²) in [6, 6.07) is 31.7. The standard InChI is InChI=1S/C36H40O2/c1-8-35(5,9-2)28-15-21-32-31-20-10-25(24(3)4)22-33(31)36(34(32)23-28,26-11-16-29(37-6)17-12-26)27-13-18-30(38-7)19-14-27/h10-24H,8-9H2,1-7H3. The maximum absolute atomic E-state index is 5.57. The van der Waals surface area contributed by atoms with Gasteiger partial charge >= 0.3 is 0 Å². The zero-order valence-corrected chi connectivity index (χ0v) is 23.9. The van der Waals surface area contributed by atoms with E-state index in [2.05, 4.69) is 120 Å². The quantitative estimate of drug-likeness (QED) is 0.210. The average Bonchev–Trinajstić information content (AvgIpc) is 3.26. The minimum Gasteiger partial charge on any atom is -0.497 e. The maximum atomic E-state index is 5.57. The van der Waals surface area contributed by atoms with Gasteiger partial charge in [0.15, 0.2) is 0 Å². The number of hydrogen-bond donors (Lipinski definition) is 0. The van der Waals surface area contributed by atoms with Crippen molar-refractivity contribution in [2.24, 2.45) is 0 Å². The van der Waals surface area contributed by atoms with E-state index in [1.807, 2.05) is 0 Å². The normalized spacial score (nSPS) is 13.8. The third-order valence-electron chi connectivity index (χ3n) is 9.13. The molecule has 0 aromatic heterocycles. The van der Waals surface area contributed by atoms with Crippen molar-refractivity contribution < 1.29 is 9.47 Å². The molecule has 4 aromatic carbocycles. The summed E-state index contributed by atoms with van der Waals surface area (Å²) in [5.41, 5.74) is 10.3. The van der Waals surface area contributed by atoms with Crippen molar-refractivity contribution in [2.75, 3.05) is 14.2 Å². The third kappa shape index (κ3) is 3.93. The highest BCUT2D eigenvalue weighted by Gasteiger charge is 2.47. The monoisotopic (exact) mass is 504 g/mol. The van der Waals surface area contributed by atoms with Gasteiger partial charge in [0.05, 0.1) is 19.6 Å². The lowest BCUT2D eigenvalue weighted by molar-refractivity contribution is 0.414. The molecule has 0 aliphatic heterocycles. The first-order chi connectivity index (χ1) is 18.3. The molecule has 0 bridgehead atoms. The molecule has 0 fully saturated rings. The van der Waals surface area contributed by atoms with E-state index in [1.54, 1.807) is 14.2 Å². The smallest absolute Gasteiger partial charge is 0.118 e. The van der Waals surface area contributed by atoms with Crippen LogP contribution in [0, 0.1) is 0 Å². The molecule has 0 heterocycles. The second kappa shape index (κ2) is 9.98. The lowest BCUT2D eigenvalue weighted by atomic mass is 9.66. The molecule has 0 unspecified atom stereocenters. The molecule has 0 radical (unpaired) electrons. The van der Waals surface area contributed by atoms with Crippen molar-refractivity contribution in [1.82, 2.24) is 0 Å². The number of methoxy groups -OCH3 is 2. The van der Waals surface area contributed by atoms with Gasteiger partial charge in [0.1, 0.15) is 11.5 Å². The van der Waals surface area contributed by atoms with E-state index >= 15 is 0 Å². The molecular weight excluding hydrogens is 464 g/mol. The van der Waals surface area contributed by atoms with E-state index in [4.69, 9.17) is 9.47 Å². The fraction of sp³-hybridized carbons (Fsp3) is 0.333. The fourth-order valence-corrected chi connectivity index (χ4v) is 6.20. The predicted octanol–water partition coefficient (Wildman–Crippen LogP) is 9.27. The maximum Gasteiger partial charge on any atom is 0.118 e. The van der Waals surface area contributed by atoms with Crippen LogP contribution in [0.25, 0.3) is 11.1 Å². The van der Waals surface area contributed by atoms with Gasteiger partial charge in [0.25, 0.3) is 0 Å². The summed E-state index contributed by atoms with van der Waals surface area (Å²) in [6.07, 6.45) is 2.20. The highest BCUT2D eigenvalue weighted by molar-refractivity contribution is 5.87. The highest BCUT2D eigenvalue weighted by atomic mass is 16.5. The average molecular weight is 505 g/mol. The molecule has 0 spiro atoms. The Kier molecular flexibility index (Phi) is 6.86. The van der Waals surface area contributed by atoms with Crippen LogP contribution in [0.2, 0.25) is 0 Å².